The smallest absolute Gasteiger partial charge is 0.221 e. The number of hydrogen-bond donors (Lipinski definition) is 4. The number of rotatable bonds is 9. The number of amides is 1. The number of hydrogen-bond acceptors (Lipinski definition) is 7. The topological polar surface area (TPSA) is 108 Å². The van der Waals surface area contributed by atoms with E-state index in [0.29, 0.717) is 35.1 Å². The highest BCUT2D eigenvalue weighted by molar-refractivity contribution is 7.99. The van der Waals surface area contributed by atoms with Crippen molar-refractivity contribution in [3.8, 4) is 5.75 Å². The molecule has 1 saturated heterocycles. The van der Waals surface area contributed by atoms with Crippen LogP contribution in [0, 0.1) is 0 Å². The van der Waals surface area contributed by atoms with Gasteiger partial charge in [0.15, 0.2) is 0 Å². The average Bonchev–Trinajstić information content (AvgIpc) is 2.90. The van der Waals surface area contributed by atoms with Gasteiger partial charge in [-0.1, -0.05) is 48.0 Å². The van der Waals surface area contributed by atoms with Crippen LogP contribution in [0.2, 0.25) is 5.02 Å². The maximum absolute atomic E-state index is 11.5. The van der Waals surface area contributed by atoms with Crippen LogP contribution >= 0.6 is 23.4 Å². The largest absolute Gasteiger partial charge is 0.494 e. The lowest BCUT2D eigenvalue weighted by Crippen LogP contribution is -2.54. The fraction of sp³-hybridized carbons (Fsp3) is 0.345. The van der Waals surface area contributed by atoms with Crippen LogP contribution in [0.15, 0.2) is 71.6 Å². The molecular weight excluding hydrogens is 526 g/mol. The second kappa shape index (κ2) is 13.0. The molecule has 202 valence electrons. The molecule has 7 nitrogen and oxygen atoms in total. The second-order valence-electron chi connectivity index (χ2n) is 9.16. The molecule has 0 aromatic heterocycles. The summed E-state index contributed by atoms with van der Waals surface area (Å²) in [6.45, 7) is 3.97. The number of para-hydroxylation sites is 1. The molecule has 0 radical (unpaired) electrons. The highest BCUT2D eigenvalue weighted by Gasteiger charge is 2.44. The quantitative estimate of drug-likeness (QED) is 0.285. The van der Waals surface area contributed by atoms with Crippen molar-refractivity contribution < 1.29 is 29.6 Å². The first kappa shape index (κ1) is 28.4. The fourth-order valence-corrected chi connectivity index (χ4v) is 5.67. The molecule has 0 aliphatic carbocycles. The van der Waals surface area contributed by atoms with Crippen molar-refractivity contribution in [2.45, 2.75) is 55.7 Å². The highest BCUT2D eigenvalue weighted by atomic mass is 35.5. The van der Waals surface area contributed by atoms with Crippen molar-refractivity contribution in [3.05, 3.63) is 88.4 Å². The molecule has 5 atom stereocenters. The van der Waals surface area contributed by atoms with Crippen molar-refractivity contribution in [3.63, 3.8) is 0 Å². The Morgan fingerprint density at radius 1 is 1.03 bits per heavy atom. The molecule has 4 rings (SSSR count). The van der Waals surface area contributed by atoms with Crippen LogP contribution in [0.3, 0.4) is 0 Å². The number of thioether (sulfide) groups is 1. The Bertz CT molecular complexity index is 1240. The molecule has 0 saturated carbocycles. The van der Waals surface area contributed by atoms with E-state index in [1.165, 1.54) is 18.7 Å². The number of benzene rings is 3. The predicted molar refractivity (Wildman–Crippen MR) is 149 cm³/mol. The van der Waals surface area contributed by atoms with Crippen LogP contribution < -0.4 is 10.1 Å². The van der Waals surface area contributed by atoms with E-state index in [1.807, 2.05) is 55.5 Å². The number of aliphatic hydroxyl groups excluding tert-OH is 3. The fourth-order valence-electron chi connectivity index (χ4n) is 4.42. The first-order valence-electron chi connectivity index (χ1n) is 12.5. The third kappa shape index (κ3) is 6.88. The first-order chi connectivity index (χ1) is 18.3. The summed E-state index contributed by atoms with van der Waals surface area (Å²) in [6, 6.07) is 20.5. The van der Waals surface area contributed by atoms with E-state index in [1.54, 1.807) is 18.2 Å². The SMILES string of the molecule is CCOc1ccc(Cc2cc([C@@H]3O[C@H](CSc4ccccc4NC(C)=O)[C@H](O)[C@@H](O)[C@H]3O)ccc2Cl)cc1. The number of anilines is 1. The molecule has 1 amide bonds. The van der Waals surface area contributed by atoms with Crippen LogP contribution in [0.4, 0.5) is 5.69 Å². The van der Waals surface area contributed by atoms with Gasteiger partial charge in [-0.25, -0.2) is 0 Å². The van der Waals surface area contributed by atoms with E-state index >= 15 is 0 Å². The van der Waals surface area contributed by atoms with Crippen LogP contribution in [-0.4, -0.2) is 58.0 Å². The third-order valence-corrected chi connectivity index (χ3v) is 7.87. The third-order valence-electron chi connectivity index (χ3n) is 6.34. The number of halogens is 1. The average molecular weight is 558 g/mol. The van der Waals surface area contributed by atoms with Crippen LogP contribution in [0.25, 0.3) is 0 Å². The zero-order valence-electron chi connectivity index (χ0n) is 21.2. The Balaban J connectivity index is 1.51. The van der Waals surface area contributed by atoms with Crippen molar-refractivity contribution in [1.29, 1.82) is 0 Å². The van der Waals surface area contributed by atoms with Crippen LogP contribution in [0.5, 0.6) is 5.75 Å². The molecule has 9 heteroatoms. The Labute approximate surface area is 231 Å². The molecule has 1 aliphatic rings. The van der Waals surface area contributed by atoms with Crippen molar-refractivity contribution in [2.24, 2.45) is 0 Å². The highest BCUT2D eigenvalue weighted by Crippen LogP contribution is 2.37. The summed E-state index contributed by atoms with van der Waals surface area (Å²) in [4.78, 5) is 12.4. The predicted octanol–water partition coefficient (Wildman–Crippen LogP) is 4.60. The molecule has 1 aliphatic heterocycles. The standard InChI is InChI=1S/C29H32ClNO6S/c1-3-36-21-11-8-18(9-12-21)14-20-15-19(10-13-22(20)30)29-28(35)27(34)26(33)24(37-29)16-38-25-7-5-4-6-23(25)31-17(2)32/h4-13,15,24,26-29,33-35H,3,14,16H2,1-2H3,(H,31,32)/t24-,26+,27-,28-,29+/m1/s1. The Morgan fingerprint density at radius 3 is 2.47 bits per heavy atom. The minimum atomic E-state index is -1.39. The Kier molecular flexibility index (Phi) is 9.70. The van der Waals surface area contributed by atoms with Gasteiger partial charge in [0.1, 0.15) is 30.2 Å². The maximum atomic E-state index is 11.5. The summed E-state index contributed by atoms with van der Waals surface area (Å²) >= 11 is 7.89. The summed E-state index contributed by atoms with van der Waals surface area (Å²) in [6.07, 6.45) is -5.06. The van der Waals surface area contributed by atoms with Crippen LogP contribution in [0.1, 0.15) is 36.6 Å². The minimum absolute atomic E-state index is 0.186. The van der Waals surface area contributed by atoms with Crippen molar-refractivity contribution in [1.82, 2.24) is 0 Å². The molecular formula is C29H32ClNO6S. The van der Waals surface area contributed by atoms with E-state index in [2.05, 4.69) is 5.32 Å². The molecule has 1 fully saturated rings. The Hall–Kier alpha value is -2.59. The number of nitrogens with one attached hydrogen (secondary N) is 1. The van der Waals surface area contributed by atoms with Gasteiger partial charge in [0.25, 0.3) is 0 Å². The van der Waals surface area contributed by atoms with Crippen LogP contribution in [-0.2, 0) is 16.0 Å². The molecule has 4 N–H and O–H groups in total. The molecule has 3 aromatic carbocycles. The van der Waals surface area contributed by atoms with Gasteiger partial charge >= 0.3 is 0 Å². The van der Waals surface area contributed by atoms with Gasteiger partial charge in [0.05, 0.1) is 18.4 Å². The van der Waals surface area contributed by atoms with E-state index < -0.39 is 30.5 Å². The summed E-state index contributed by atoms with van der Waals surface area (Å²) < 4.78 is 11.7. The van der Waals surface area contributed by atoms with Gasteiger partial charge in [-0.3, -0.25) is 4.79 Å². The second-order valence-corrected chi connectivity index (χ2v) is 10.6. The minimum Gasteiger partial charge on any atom is -0.494 e. The van der Waals surface area contributed by atoms with Crippen molar-refractivity contribution in [2.75, 3.05) is 17.7 Å². The molecule has 38 heavy (non-hydrogen) atoms. The van der Waals surface area contributed by atoms with E-state index in [9.17, 15) is 20.1 Å². The molecule has 0 unspecified atom stereocenters. The summed E-state index contributed by atoms with van der Waals surface area (Å²) in [7, 11) is 0. The number of carbonyl (C=O) groups is 1. The lowest BCUT2D eigenvalue weighted by molar-refractivity contribution is -0.218. The first-order valence-corrected chi connectivity index (χ1v) is 13.8. The summed E-state index contributed by atoms with van der Waals surface area (Å²) in [5.74, 6) is 0.908. The monoisotopic (exact) mass is 557 g/mol. The van der Waals surface area contributed by atoms with E-state index in [0.717, 1.165) is 21.8 Å². The number of carbonyl (C=O) groups excluding carboxylic acids is 1. The maximum Gasteiger partial charge on any atom is 0.221 e. The summed E-state index contributed by atoms with van der Waals surface area (Å²) in [5.41, 5.74) is 3.20. The molecule has 3 aromatic rings. The van der Waals surface area contributed by atoms with Gasteiger partial charge in [0.2, 0.25) is 5.91 Å². The van der Waals surface area contributed by atoms with E-state index in [-0.39, 0.29) is 5.91 Å². The van der Waals surface area contributed by atoms with Gasteiger partial charge < -0.3 is 30.1 Å². The molecule has 0 bridgehead atoms. The Morgan fingerprint density at radius 2 is 1.76 bits per heavy atom. The van der Waals surface area contributed by atoms with Gasteiger partial charge in [-0.05, 0) is 60.4 Å². The molecule has 0 spiro atoms. The van der Waals surface area contributed by atoms with Crippen molar-refractivity contribution >= 4 is 35.0 Å². The van der Waals surface area contributed by atoms with Gasteiger partial charge in [-0.2, -0.15) is 0 Å². The lowest BCUT2D eigenvalue weighted by atomic mass is 9.90. The number of aliphatic hydroxyl groups is 3. The number of ether oxygens (including phenoxy) is 2. The van der Waals surface area contributed by atoms with Gasteiger partial charge in [-0.15, -0.1) is 11.8 Å². The summed E-state index contributed by atoms with van der Waals surface area (Å²) in [5, 5.41) is 35.5. The van der Waals surface area contributed by atoms with E-state index in [4.69, 9.17) is 21.1 Å². The molecule has 1 heterocycles. The normalized spacial score (nSPS) is 23.2. The van der Waals surface area contributed by atoms with Gasteiger partial charge in [0, 0.05) is 22.6 Å². The lowest BCUT2D eigenvalue weighted by Gasteiger charge is -2.41. The zero-order chi connectivity index (χ0) is 27.2. The zero-order valence-corrected chi connectivity index (χ0v) is 22.8.